The van der Waals surface area contributed by atoms with Gasteiger partial charge >= 0.3 is 0 Å². The fourth-order valence-electron chi connectivity index (χ4n) is 2.51. The van der Waals surface area contributed by atoms with Gasteiger partial charge in [0.2, 0.25) is 5.91 Å². The largest absolute Gasteiger partial charge is 0.389 e. The van der Waals surface area contributed by atoms with E-state index in [0.717, 1.165) is 30.5 Å². The van der Waals surface area contributed by atoms with Gasteiger partial charge in [-0.1, -0.05) is 36.5 Å². The molecule has 1 saturated heterocycles. The van der Waals surface area contributed by atoms with Crippen LogP contribution in [0.3, 0.4) is 0 Å². The Morgan fingerprint density at radius 1 is 1.45 bits per heavy atom. The van der Waals surface area contributed by atoms with Gasteiger partial charge in [0.15, 0.2) is 0 Å². The van der Waals surface area contributed by atoms with Crippen LogP contribution in [-0.4, -0.2) is 39.6 Å². The molecule has 1 heterocycles. The van der Waals surface area contributed by atoms with Crippen molar-refractivity contribution in [3.8, 4) is 0 Å². The molecule has 0 radical (unpaired) electrons. The van der Waals surface area contributed by atoms with Gasteiger partial charge in [0.05, 0.1) is 12.0 Å². The first-order valence-electron chi connectivity index (χ1n) is 6.76. The summed E-state index contributed by atoms with van der Waals surface area (Å²) >= 11 is 4.90. The molecule has 0 saturated carbocycles. The number of hydrogen-bond donors (Lipinski definition) is 2. The lowest BCUT2D eigenvalue weighted by molar-refractivity contribution is -0.136. The van der Waals surface area contributed by atoms with E-state index in [2.05, 4.69) is 0 Å². The van der Waals surface area contributed by atoms with Gasteiger partial charge in [-0.2, -0.15) is 0 Å². The minimum Gasteiger partial charge on any atom is -0.389 e. The Hall–Kier alpha value is -1.46. The van der Waals surface area contributed by atoms with E-state index in [4.69, 9.17) is 18.0 Å². The van der Waals surface area contributed by atoms with Gasteiger partial charge < -0.3 is 15.7 Å². The molecule has 1 aromatic carbocycles. The van der Waals surface area contributed by atoms with E-state index < -0.39 is 5.60 Å². The number of thiocarbonyl (C=S) groups is 1. The van der Waals surface area contributed by atoms with Crippen molar-refractivity contribution >= 4 is 23.1 Å². The fourth-order valence-corrected chi connectivity index (χ4v) is 2.64. The quantitative estimate of drug-likeness (QED) is 0.823. The second-order valence-corrected chi connectivity index (χ2v) is 6.09. The Morgan fingerprint density at radius 2 is 2.10 bits per heavy atom. The number of rotatable bonds is 3. The Balaban J connectivity index is 1.99. The zero-order chi connectivity index (χ0) is 14.8. The van der Waals surface area contributed by atoms with Crippen LogP contribution in [0.1, 0.15) is 30.9 Å². The van der Waals surface area contributed by atoms with Crippen molar-refractivity contribution in [1.82, 2.24) is 4.90 Å². The predicted molar refractivity (Wildman–Crippen MR) is 82.5 cm³/mol. The molecule has 0 spiro atoms. The van der Waals surface area contributed by atoms with Crippen molar-refractivity contribution in [1.29, 1.82) is 0 Å². The number of aliphatic hydroxyl groups is 1. The van der Waals surface area contributed by atoms with Crippen molar-refractivity contribution in [3.63, 3.8) is 0 Å². The van der Waals surface area contributed by atoms with Crippen molar-refractivity contribution in [2.75, 3.05) is 13.1 Å². The standard InChI is InChI=1S/C15H20N2O2S/c1-15(19)7-2-8-17(10-15)13(18)9-11-3-5-12(6-4-11)14(16)20/h3-6,19H,2,7-10H2,1H3,(H2,16,20). The van der Waals surface area contributed by atoms with Gasteiger partial charge in [-0.3, -0.25) is 4.79 Å². The molecule has 1 amide bonds. The van der Waals surface area contributed by atoms with Crippen LogP contribution in [0.5, 0.6) is 0 Å². The Labute approximate surface area is 124 Å². The normalized spacial score (nSPS) is 22.6. The number of carbonyl (C=O) groups excluding carboxylic acids is 1. The van der Waals surface area contributed by atoms with Crippen LogP contribution < -0.4 is 5.73 Å². The number of β-amino-alcohol motifs (C(OH)–C–C–N with tert-alkyl or cyclic N) is 1. The molecule has 4 nitrogen and oxygen atoms in total. The molecule has 2 rings (SSSR count). The van der Waals surface area contributed by atoms with E-state index in [1.165, 1.54) is 0 Å². The molecule has 1 aromatic rings. The van der Waals surface area contributed by atoms with Gasteiger partial charge in [0.1, 0.15) is 4.99 Å². The molecule has 5 heteroatoms. The molecule has 1 fully saturated rings. The summed E-state index contributed by atoms with van der Waals surface area (Å²) in [6.45, 7) is 2.92. The van der Waals surface area contributed by atoms with Gasteiger partial charge in [-0.05, 0) is 25.3 Å². The topological polar surface area (TPSA) is 66.6 Å². The maximum absolute atomic E-state index is 12.2. The summed E-state index contributed by atoms with van der Waals surface area (Å²) in [5.74, 6) is 0.0491. The molecule has 0 aromatic heterocycles. The zero-order valence-electron chi connectivity index (χ0n) is 11.6. The van der Waals surface area contributed by atoms with E-state index >= 15 is 0 Å². The van der Waals surface area contributed by atoms with Gasteiger partial charge in [0, 0.05) is 18.7 Å². The minimum absolute atomic E-state index is 0.0491. The number of carbonyl (C=O) groups is 1. The van der Waals surface area contributed by atoms with Crippen LogP contribution in [0.15, 0.2) is 24.3 Å². The predicted octanol–water partition coefficient (Wildman–Crippen LogP) is 1.24. The number of nitrogens with two attached hydrogens (primary N) is 1. The molecule has 20 heavy (non-hydrogen) atoms. The fraction of sp³-hybridized carbons (Fsp3) is 0.467. The van der Waals surface area contributed by atoms with E-state index in [-0.39, 0.29) is 5.91 Å². The van der Waals surface area contributed by atoms with Crippen LogP contribution in [0.4, 0.5) is 0 Å². The average Bonchev–Trinajstić information content (AvgIpc) is 2.38. The Bertz CT molecular complexity index is 511. The van der Waals surface area contributed by atoms with Crippen molar-refractivity contribution in [3.05, 3.63) is 35.4 Å². The summed E-state index contributed by atoms with van der Waals surface area (Å²) in [6, 6.07) is 7.40. The number of amides is 1. The van der Waals surface area contributed by atoms with Crippen LogP contribution in [0, 0.1) is 0 Å². The molecule has 3 N–H and O–H groups in total. The SMILES string of the molecule is CC1(O)CCCN(C(=O)Cc2ccc(C(N)=S)cc2)C1. The molecule has 1 aliphatic heterocycles. The second-order valence-electron chi connectivity index (χ2n) is 5.65. The lowest BCUT2D eigenvalue weighted by Crippen LogP contribution is -2.49. The summed E-state index contributed by atoms with van der Waals surface area (Å²) in [4.78, 5) is 14.3. The third kappa shape index (κ3) is 3.77. The van der Waals surface area contributed by atoms with Crippen LogP contribution >= 0.6 is 12.2 Å². The van der Waals surface area contributed by atoms with Gasteiger partial charge in [0.25, 0.3) is 0 Å². The van der Waals surface area contributed by atoms with Crippen molar-refractivity contribution in [2.45, 2.75) is 31.8 Å². The van der Waals surface area contributed by atoms with Crippen molar-refractivity contribution < 1.29 is 9.90 Å². The highest BCUT2D eigenvalue weighted by Crippen LogP contribution is 2.21. The Morgan fingerprint density at radius 3 is 2.65 bits per heavy atom. The first-order chi connectivity index (χ1) is 9.37. The van der Waals surface area contributed by atoms with Crippen LogP contribution in [0.2, 0.25) is 0 Å². The maximum atomic E-state index is 12.2. The second kappa shape index (κ2) is 5.89. The number of benzene rings is 1. The Kier molecular flexibility index (Phi) is 4.40. The number of hydrogen-bond acceptors (Lipinski definition) is 3. The van der Waals surface area contributed by atoms with Crippen LogP contribution in [-0.2, 0) is 11.2 Å². The summed E-state index contributed by atoms with van der Waals surface area (Å²) in [7, 11) is 0. The van der Waals surface area contributed by atoms with E-state index in [1.54, 1.807) is 11.8 Å². The zero-order valence-corrected chi connectivity index (χ0v) is 12.4. The summed E-state index contributed by atoms with van der Waals surface area (Å²) in [5.41, 5.74) is 6.51. The summed E-state index contributed by atoms with van der Waals surface area (Å²) < 4.78 is 0. The molecular weight excluding hydrogens is 272 g/mol. The van der Waals surface area contributed by atoms with E-state index in [0.29, 0.717) is 18.0 Å². The third-order valence-corrected chi connectivity index (χ3v) is 3.86. The van der Waals surface area contributed by atoms with Gasteiger partial charge in [-0.15, -0.1) is 0 Å². The number of likely N-dealkylation sites (tertiary alicyclic amines) is 1. The highest BCUT2D eigenvalue weighted by molar-refractivity contribution is 7.80. The molecule has 108 valence electrons. The summed E-state index contributed by atoms with van der Waals surface area (Å²) in [5, 5.41) is 10.0. The molecule has 1 aliphatic rings. The smallest absolute Gasteiger partial charge is 0.227 e. The molecular formula is C15H20N2O2S. The number of piperidine rings is 1. The molecule has 1 unspecified atom stereocenters. The van der Waals surface area contributed by atoms with Crippen molar-refractivity contribution in [2.24, 2.45) is 5.73 Å². The first-order valence-corrected chi connectivity index (χ1v) is 7.17. The van der Waals surface area contributed by atoms with E-state index in [1.807, 2.05) is 24.3 Å². The highest BCUT2D eigenvalue weighted by Gasteiger charge is 2.30. The number of nitrogens with zero attached hydrogens (tertiary/aromatic N) is 1. The lowest BCUT2D eigenvalue weighted by Gasteiger charge is -2.36. The third-order valence-electron chi connectivity index (χ3n) is 3.62. The van der Waals surface area contributed by atoms with Gasteiger partial charge in [-0.25, -0.2) is 0 Å². The average molecular weight is 292 g/mol. The molecule has 1 atom stereocenters. The van der Waals surface area contributed by atoms with Crippen LogP contribution in [0.25, 0.3) is 0 Å². The molecule has 0 bridgehead atoms. The monoisotopic (exact) mass is 292 g/mol. The summed E-state index contributed by atoms with van der Waals surface area (Å²) in [6.07, 6.45) is 1.94. The highest BCUT2D eigenvalue weighted by atomic mass is 32.1. The maximum Gasteiger partial charge on any atom is 0.227 e. The lowest BCUT2D eigenvalue weighted by atomic mass is 9.94. The molecule has 0 aliphatic carbocycles. The minimum atomic E-state index is -0.760. The van der Waals surface area contributed by atoms with E-state index in [9.17, 15) is 9.90 Å². The first kappa shape index (κ1) is 14.9.